The zero-order valence-corrected chi connectivity index (χ0v) is 16.6. The number of amides is 2. The molecule has 2 aromatic rings. The summed E-state index contributed by atoms with van der Waals surface area (Å²) in [4.78, 5) is 26.7. The zero-order valence-electron chi connectivity index (χ0n) is 15.9. The Morgan fingerprint density at radius 1 is 1.28 bits per heavy atom. The number of hydrogen-bond acceptors (Lipinski definition) is 5. The molecule has 0 radical (unpaired) electrons. The number of nitrogens with zero attached hydrogens (tertiary/aromatic N) is 1. The second-order valence-corrected chi connectivity index (χ2v) is 7.40. The van der Waals surface area contributed by atoms with Crippen LogP contribution in [0.1, 0.15) is 6.42 Å². The first-order chi connectivity index (χ1) is 14.0. The molecule has 2 aliphatic rings. The van der Waals surface area contributed by atoms with Gasteiger partial charge in [0.2, 0.25) is 11.8 Å². The summed E-state index contributed by atoms with van der Waals surface area (Å²) < 4.78 is 16.8. The molecule has 7 nitrogen and oxygen atoms in total. The van der Waals surface area contributed by atoms with Crippen LogP contribution in [0.2, 0.25) is 5.02 Å². The van der Waals surface area contributed by atoms with Gasteiger partial charge in [0, 0.05) is 18.0 Å². The van der Waals surface area contributed by atoms with Gasteiger partial charge in [0.1, 0.15) is 18.5 Å². The quantitative estimate of drug-likeness (QED) is 0.810. The third-order valence-corrected chi connectivity index (χ3v) is 5.23. The Morgan fingerprint density at radius 2 is 2.07 bits per heavy atom. The summed E-state index contributed by atoms with van der Waals surface area (Å²) >= 11 is 6.07. The maximum absolute atomic E-state index is 12.6. The number of hydrogen-bond donors (Lipinski definition) is 1. The van der Waals surface area contributed by atoms with Crippen LogP contribution in [0.3, 0.4) is 0 Å². The molecule has 29 heavy (non-hydrogen) atoms. The molecule has 2 aromatic carbocycles. The van der Waals surface area contributed by atoms with Crippen LogP contribution in [-0.4, -0.2) is 44.7 Å². The van der Waals surface area contributed by atoms with Gasteiger partial charge in [0.05, 0.1) is 25.3 Å². The Kier molecular flexibility index (Phi) is 5.49. The Balaban J connectivity index is 1.36. The van der Waals surface area contributed by atoms with Crippen molar-refractivity contribution in [3.8, 4) is 17.2 Å². The van der Waals surface area contributed by atoms with E-state index in [9.17, 15) is 9.59 Å². The second-order valence-electron chi connectivity index (χ2n) is 6.96. The molecule has 0 aliphatic carbocycles. The van der Waals surface area contributed by atoms with Crippen LogP contribution in [-0.2, 0) is 9.59 Å². The molecular formula is C21H21ClN2O5. The minimum atomic E-state index is -0.456. The van der Waals surface area contributed by atoms with E-state index in [2.05, 4.69) is 5.32 Å². The first-order valence-electron chi connectivity index (χ1n) is 9.35. The number of methoxy groups -OCH3 is 1. The van der Waals surface area contributed by atoms with E-state index in [-0.39, 0.29) is 30.9 Å². The van der Waals surface area contributed by atoms with E-state index in [4.69, 9.17) is 25.8 Å². The molecule has 4 rings (SSSR count). The Morgan fingerprint density at radius 3 is 2.86 bits per heavy atom. The molecule has 2 heterocycles. The molecule has 1 fully saturated rings. The Hall–Kier alpha value is -2.93. The monoisotopic (exact) mass is 416 g/mol. The Bertz CT molecular complexity index is 935. The standard InChI is InChI=1S/C21H21ClN2O5/c1-27-17-7-6-14(22)9-16(17)24-11-13(8-20(24)25)21(26)23-10-15-12-28-18-4-2-3-5-19(18)29-15/h2-7,9,13,15H,8,10-12H2,1H3,(H,23,26)/t13-,15+/m1/s1. The molecule has 0 unspecified atom stereocenters. The number of halogens is 1. The normalized spacial score (nSPS) is 20.5. The number of carbonyl (C=O) groups is 2. The summed E-state index contributed by atoms with van der Waals surface area (Å²) in [5, 5.41) is 3.37. The topological polar surface area (TPSA) is 77.1 Å². The summed E-state index contributed by atoms with van der Waals surface area (Å²) in [6, 6.07) is 12.5. The van der Waals surface area contributed by atoms with Crippen molar-refractivity contribution in [3.63, 3.8) is 0 Å². The van der Waals surface area contributed by atoms with E-state index < -0.39 is 5.92 Å². The predicted molar refractivity (Wildman–Crippen MR) is 108 cm³/mol. The van der Waals surface area contributed by atoms with Crippen LogP contribution in [0.25, 0.3) is 0 Å². The molecule has 0 saturated carbocycles. The molecule has 0 aromatic heterocycles. The van der Waals surface area contributed by atoms with Gasteiger partial charge in [0.25, 0.3) is 0 Å². The van der Waals surface area contributed by atoms with E-state index in [0.29, 0.717) is 41.1 Å². The summed E-state index contributed by atoms with van der Waals surface area (Å²) in [7, 11) is 1.53. The second kappa shape index (κ2) is 8.21. The molecule has 1 saturated heterocycles. The zero-order chi connectivity index (χ0) is 20.4. The van der Waals surface area contributed by atoms with Gasteiger partial charge in [-0.1, -0.05) is 23.7 Å². The first kappa shape index (κ1) is 19.4. The van der Waals surface area contributed by atoms with Gasteiger partial charge in [0.15, 0.2) is 11.5 Å². The van der Waals surface area contributed by atoms with Crippen molar-refractivity contribution >= 4 is 29.1 Å². The van der Waals surface area contributed by atoms with E-state index in [1.165, 1.54) is 7.11 Å². The van der Waals surface area contributed by atoms with Crippen molar-refractivity contribution in [2.24, 2.45) is 5.92 Å². The fraction of sp³-hybridized carbons (Fsp3) is 0.333. The number of carbonyl (C=O) groups excluding carboxylic acids is 2. The first-order valence-corrected chi connectivity index (χ1v) is 9.73. The summed E-state index contributed by atoms with van der Waals surface area (Å²) in [5.41, 5.74) is 0.570. The van der Waals surface area contributed by atoms with Crippen molar-refractivity contribution < 1.29 is 23.8 Å². The van der Waals surface area contributed by atoms with Crippen LogP contribution in [0.4, 0.5) is 5.69 Å². The highest BCUT2D eigenvalue weighted by Crippen LogP contribution is 2.35. The summed E-state index contributed by atoms with van der Waals surface area (Å²) in [6.07, 6.45) is -0.151. The molecule has 152 valence electrons. The highest BCUT2D eigenvalue weighted by atomic mass is 35.5. The van der Waals surface area contributed by atoms with Crippen molar-refractivity contribution in [2.45, 2.75) is 12.5 Å². The molecule has 0 spiro atoms. The lowest BCUT2D eigenvalue weighted by molar-refractivity contribution is -0.126. The molecule has 2 aliphatic heterocycles. The maximum Gasteiger partial charge on any atom is 0.227 e. The van der Waals surface area contributed by atoms with Gasteiger partial charge < -0.3 is 24.4 Å². The molecule has 2 atom stereocenters. The van der Waals surface area contributed by atoms with Gasteiger partial charge in [-0.05, 0) is 30.3 Å². The van der Waals surface area contributed by atoms with E-state index in [1.54, 1.807) is 23.1 Å². The van der Waals surface area contributed by atoms with Gasteiger partial charge in [-0.15, -0.1) is 0 Å². The molecule has 2 amide bonds. The number of para-hydroxylation sites is 2. The van der Waals surface area contributed by atoms with E-state index in [0.717, 1.165) is 0 Å². The third kappa shape index (κ3) is 4.10. The van der Waals surface area contributed by atoms with Crippen LogP contribution in [0, 0.1) is 5.92 Å². The average molecular weight is 417 g/mol. The van der Waals surface area contributed by atoms with Gasteiger partial charge >= 0.3 is 0 Å². The smallest absolute Gasteiger partial charge is 0.227 e. The van der Waals surface area contributed by atoms with Gasteiger partial charge in [-0.3, -0.25) is 9.59 Å². The van der Waals surface area contributed by atoms with Crippen molar-refractivity contribution in [2.75, 3.05) is 31.7 Å². The van der Waals surface area contributed by atoms with Crippen LogP contribution >= 0.6 is 11.6 Å². The molecule has 1 N–H and O–H groups in total. The number of nitrogens with one attached hydrogen (secondary N) is 1. The number of benzene rings is 2. The van der Waals surface area contributed by atoms with Crippen molar-refractivity contribution in [3.05, 3.63) is 47.5 Å². The summed E-state index contributed by atoms with van der Waals surface area (Å²) in [5.74, 6) is 1.11. The SMILES string of the molecule is COc1ccc(Cl)cc1N1C[C@H](C(=O)NC[C@H]2COc3ccccc3O2)CC1=O. The average Bonchev–Trinajstić information content (AvgIpc) is 3.13. The van der Waals surface area contributed by atoms with E-state index >= 15 is 0 Å². The number of fused-ring (bicyclic) bond motifs is 1. The van der Waals surface area contributed by atoms with Gasteiger partial charge in [-0.25, -0.2) is 0 Å². The minimum absolute atomic E-state index is 0.131. The number of ether oxygens (including phenoxy) is 3. The lowest BCUT2D eigenvalue weighted by atomic mass is 10.1. The van der Waals surface area contributed by atoms with Crippen molar-refractivity contribution in [1.29, 1.82) is 0 Å². The maximum atomic E-state index is 12.6. The van der Waals surface area contributed by atoms with E-state index in [1.807, 2.05) is 24.3 Å². The largest absolute Gasteiger partial charge is 0.495 e. The lowest BCUT2D eigenvalue weighted by Gasteiger charge is -2.27. The molecular weight excluding hydrogens is 396 g/mol. The summed E-state index contributed by atoms with van der Waals surface area (Å²) in [6.45, 7) is 0.928. The molecule has 0 bridgehead atoms. The predicted octanol–water partition coefficient (Wildman–Crippen LogP) is 2.66. The third-order valence-electron chi connectivity index (χ3n) is 5.00. The Labute approximate surface area is 173 Å². The highest BCUT2D eigenvalue weighted by molar-refractivity contribution is 6.31. The van der Waals surface area contributed by atoms with Gasteiger partial charge in [-0.2, -0.15) is 0 Å². The minimum Gasteiger partial charge on any atom is -0.495 e. The molecule has 8 heteroatoms. The lowest BCUT2D eigenvalue weighted by Crippen LogP contribution is -2.43. The fourth-order valence-electron chi connectivity index (χ4n) is 3.51. The van der Waals surface area contributed by atoms with Crippen LogP contribution < -0.4 is 24.4 Å². The number of anilines is 1. The van der Waals surface area contributed by atoms with Crippen molar-refractivity contribution in [1.82, 2.24) is 5.32 Å². The fourth-order valence-corrected chi connectivity index (χ4v) is 3.68. The highest BCUT2D eigenvalue weighted by Gasteiger charge is 2.36. The number of rotatable bonds is 5. The van der Waals surface area contributed by atoms with Crippen LogP contribution in [0.15, 0.2) is 42.5 Å². The van der Waals surface area contributed by atoms with Crippen LogP contribution in [0.5, 0.6) is 17.2 Å².